The van der Waals surface area contributed by atoms with E-state index in [1.807, 2.05) is 23.6 Å². The van der Waals surface area contributed by atoms with Gasteiger partial charge in [-0.25, -0.2) is 15.0 Å². The predicted octanol–water partition coefficient (Wildman–Crippen LogP) is 5.44. The Kier molecular flexibility index (Phi) is 5.68. The van der Waals surface area contributed by atoms with E-state index < -0.39 is 12.7 Å². The Bertz CT molecular complexity index is 1610. The van der Waals surface area contributed by atoms with Crippen molar-refractivity contribution < 1.29 is 13.2 Å². The highest BCUT2D eigenvalue weighted by atomic mass is 35.5. The van der Waals surface area contributed by atoms with E-state index in [2.05, 4.69) is 20.3 Å². The molecule has 0 bridgehead atoms. The quantitative estimate of drug-likeness (QED) is 0.349. The van der Waals surface area contributed by atoms with Gasteiger partial charge < -0.3 is 9.88 Å². The zero-order valence-corrected chi connectivity index (χ0v) is 19.1. The van der Waals surface area contributed by atoms with E-state index in [1.165, 1.54) is 10.8 Å². The van der Waals surface area contributed by atoms with Crippen LogP contribution in [0.5, 0.6) is 0 Å². The number of rotatable bonds is 5. The number of anilines is 1. The van der Waals surface area contributed by atoms with Crippen molar-refractivity contribution in [3.05, 3.63) is 76.6 Å². The summed E-state index contributed by atoms with van der Waals surface area (Å²) in [6, 6.07) is 12.1. The van der Waals surface area contributed by atoms with Crippen LogP contribution in [0.25, 0.3) is 38.8 Å². The van der Waals surface area contributed by atoms with Crippen LogP contribution in [0.2, 0.25) is 5.02 Å². The Morgan fingerprint density at radius 3 is 2.57 bits per heavy atom. The van der Waals surface area contributed by atoms with Gasteiger partial charge in [0.05, 0.1) is 34.1 Å². The number of nitrogens with one attached hydrogen (secondary N) is 1. The number of pyridine rings is 1. The van der Waals surface area contributed by atoms with Crippen LogP contribution in [0.4, 0.5) is 19.1 Å². The zero-order chi connectivity index (χ0) is 24.7. The molecule has 0 radical (unpaired) electrons. The number of benzene rings is 2. The van der Waals surface area contributed by atoms with E-state index in [4.69, 9.17) is 11.6 Å². The van der Waals surface area contributed by atoms with E-state index in [-0.39, 0.29) is 22.6 Å². The molecule has 0 aliphatic rings. The lowest BCUT2D eigenvalue weighted by Crippen LogP contribution is -2.23. The first kappa shape index (κ1) is 22.9. The monoisotopic (exact) mass is 498 g/mol. The highest BCUT2D eigenvalue weighted by molar-refractivity contribution is 6.30. The summed E-state index contributed by atoms with van der Waals surface area (Å²) in [5.74, 6) is -0.226. The molecule has 2 aromatic carbocycles. The van der Waals surface area contributed by atoms with Gasteiger partial charge in [0.15, 0.2) is 0 Å². The van der Waals surface area contributed by atoms with Crippen molar-refractivity contribution in [1.29, 1.82) is 0 Å². The summed E-state index contributed by atoms with van der Waals surface area (Å²) < 4.78 is 41.5. The Balaban J connectivity index is 1.74. The zero-order valence-electron chi connectivity index (χ0n) is 18.3. The van der Waals surface area contributed by atoms with Gasteiger partial charge in [0, 0.05) is 29.3 Å². The number of aromatic nitrogens is 5. The number of alkyl halides is 3. The summed E-state index contributed by atoms with van der Waals surface area (Å²) in [5.41, 5.74) is 2.86. The first-order chi connectivity index (χ1) is 16.7. The smallest absolute Gasteiger partial charge is 0.345 e. The van der Waals surface area contributed by atoms with Crippen molar-refractivity contribution in [2.24, 2.45) is 0 Å². The van der Waals surface area contributed by atoms with Gasteiger partial charge in [-0.2, -0.15) is 13.2 Å². The lowest BCUT2D eigenvalue weighted by Gasteiger charge is -2.14. The molecule has 0 saturated carbocycles. The molecule has 0 aliphatic heterocycles. The lowest BCUT2D eigenvalue weighted by atomic mass is 10.0. The van der Waals surface area contributed by atoms with Crippen molar-refractivity contribution in [3.63, 3.8) is 0 Å². The van der Waals surface area contributed by atoms with Crippen LogP contribution in [-0.4, -0.2) is 36.8 Å². The average molecular weight is 499 g/mol. The van der Waals surface area contributed by atoms with Crippen LogP contribution >= 0.6 is 11.6 Å². The molecular formula is C24H18ClF3N6O. The van der Waals surface area contributed by atoms with Gasteiger partial charge in [0.2, 0.25) is 5.95 Å². The predicted molar refractivity (Wildman–Crippen MR) is 129 cm³/mol. The largest absolute Gasteiger partial charge is 0.405 e. The first-order valence-corrected chi connectivity index (χ1v) is 11.1. The third-order valence-electron chi connectivity index (χ3n) is 5.56. The van der Waals surface area contributed by atoms with Gasteiger partial charge in [-0.1, -0.05) is 23.7 Å². The standard InChI is InChI=1S/C24H18ClF3N6O/c1-2-33-13-31-18-8-7-17(9-19(18)33)34-11-15-10-29-23(30-12-24(26,27)28)32-21(15)20(22(34)35)14-3-5-16(25)6-4-14/h3-11,13H,2,12H2,1H3,(H,30,32). The molecule has 0 atom stereocenters. The molecule has 1 N–H and O–H groups in total. The van der Waals surface area contributed by atoms with Crippen molar-refractivity contribution in [2.45, 2.75) is 19.6 Å². The minimum absolute atomic E-state index is 0.223. The highest BCUT2D eigenvalue weighted by Crippen LogP contribution is 2.28. The van der Waals surface area contributed by atoms with Gasteiger partial charge in [-0.15, -0.1) is 0 Å². The third kappa shape index (κ3) is 4.44. The van der Waals surface area contributed by atoms with E-state index >= 15 is 0 Å². The molecule has 0 amide bonds. The Morgan fingerprint density at radius 1 is 1.09 bits per heavy atom. The number of aryl methyl sites for hydroxylation is 1. The van der Waals surface area contributed by atoms with Gasteiger partial charge >= 0.3 is 6.18 Å². The Morgan fingerprint density at radius 2 is 1.86 bits per heavy atom. The summed E-state index contributed by atoms with van der Waals surface area (Å²) in [7, 11) is 0. The second-order valence-electron chi connectivity index (χ2n) is 7.86. The lowest BCUT2D eigenvalue weighted by molar-refractivity contribution is -0.115. The molecule has 0 fully saturated rings. The number of hydrogen-bond acceptors (Lipinski definition) is 5. The third-order valence-corrected chi connectivity index (χ3v) is 5.81. The van der Waals surface area contributed by atoms with Gasteiger partial charge in [0.25, 0.3) is 5.56 Å². The highest BCUT2D eigenvalue weighted by Gasteiger charge is 2.27. The molecule has 0 unspecified atom stereocenters. The topological polar surface area (TPSA) is 77.6 Å². The summed E-state index contributed by atoms with van der Waals surface area (Å²) in [5, 5.41) is 3.14. The van der Waals surface area contributed by atoms with E-state index in [9.17, 15) is 18.0 Å². The molecule has 0 saturated heterocycles. The fourth-order valence-corrected chi connectivity index (χ4v) is 4.01. The molecule has 3 heterocycles. The molecule has 178 valence electrons. The second-order valence-corrected chi connectivity index (χ2v) is 8.29. The van der Waals surface area contributed by atoms with E-state index in [0.717, 1.165) is 11.0 Å². The minimum Gasteiger partial charge on any atom is -0.345 e. The summed E-state index contributed by atoms with van der Waals surface area (Å²) in [6.45, 7) is 1.41. The SMILES string of the molecule is CCn1cnc2ccc(-n3cc4cnc(NCC(F)(F)F)nc4c(-c4ccc(Cl)cc4)c3=O)cc21. The van der Waals surface area contributed by atoms with Crippen LogP contribution in [-0.2, 0) is 6.54 Å². The average Bonchev–Trinajstić information content (AvgIpc) is 3.25. The minimum atomic E-state index is -4.44. The number of fused-ring (bicyclic) bond motifs is 2. The van der Waals surface area contributed by atoms with Crippen molar-refractivity contribution in [1.82, 2.24) is 24.1 Å². The van der Waals surface area contributed by atoms with Gasteiger partial charge in [-0.3, -0.25) is 9.36 Å². The van der Waals surface area contributed by atoms with Crippen molar-refractivity contribution >= 4 is 39.5 Å². The van der Waals surface area contributed by atoms with Crippen LogP contribution in [0.15, 0.2) is 66.0 Å². The molecule has 5 rings (SSSR count). The first-order valence-electron chi connectivity index (χ1n) is 10.7. The normalized spacial score (nSPS) is 11.9. The van der Waals surface area contributed by atoms with Crippen LogP contribution in [0.3, 0.4) is 0 Å². The molecular weight excluding hydrogens is 481 g/mol. The summed E-state index contributed by atoms with van der Waals surface area (Å²) >= 11 is 6.03. The van der Waals surface area contributed by atoms with E-state index in [1.54, 1.807) is 42.9 Å². The molecule has 11 heteroatoms. The van der Waals surface area contributed by atoms with Gasteiger partial charge in [0.1, 0.15) is 6.54 Å². The fraction of sp³-hybridized carbons (Fsp3) is 0.167. The molecule has 3 aromatic heterocycles. The Hall–Kier alpha value is -3.92. The molecule has 5 aromatic rings. The van der Waals surface area contributed by atoms with Crippen LogP contribution < -0.4 is 10.9 Å². The maximum absolute atomic E-state index is 13.8. The number of imidazole rings is 1. The van der Waals surface area contributed by atoms with Crippen LogP contribution in [0.1, 0.15) is 6.92 Å². The summed E-state index contributed by atoms with van der Waals surface area (Å²) in [6.07, 6.45) is 0.272. The number of nitrogens with zero attached hydrogens (tertiary/aromatic N) is 5. The molecule has 35 heavy (non-hydrogen) atoms. The maximum Gasteiger partial charge on any atom is 0.405 e. The van der Waals surface area contributed by atoms with E-state index in [0.29, 0.717) is 28.2 Å². The number of halogens is 4. The van der Waals surface area contributed by atoms with Crippen molar-refractivity contribution in [2.75, 3.05) is 11.9 Å². The maximum atomic E-state index is 13.8. The van der Waals surface area contributed by atoms with Crippen LogP contribution in [0, 0.1) is 0 Å². The van der Waals surface area contributed by atoms with Gasteiger partial charge in [-0.05, 0) is 42.8 Å². The molecule has 7 nitrogen and oxygen atoms in total. The fourth-order valence-electron chi connectivity index (χ4n) is 3.89. The second kappa shape index (κ2) is 8.70. The molecule has 0 aliphatic carbocycles. The number of hydrogen-bond donors (Lipinski definition) is 1. The Labute approximate surface area is 201 Å². The van der Waals surface area contributed by atoms with Crippen molar-refractivity contribution in [3.8, 4) is 16.8 Å². The summed E-state index contributed by atoms with van der Waals surface area (Å²) in [4.78, 5) is 26.4. The molecule has 0 spiro atoms.